The molecule has 6 nitrogen and oxygen atoms in total. The minimum absolute atomic E-state index is 0.126. The summed E-state index contributed by atoms with van der Waals surface area (Å²) < 4.78 is 17.6. The molecule has 2 amide bonds. The topological polar surface area (TPSA) is 84.5 Å². The van der Waals surface area contributed by atoms with Gasteiger partial charge in [-0.05, 0) is 38.1 Å². The number of nitrogens with one attached hydrogen (secondary N) is 2. The van der Waals surface area contributed by atoms with E-state index < -0.39 is 24.5 Å². The van der Waals surface area contributed by atoms with E-state index in [2.05, 4.69) is 10.6 Å². The van der Waals surface area contributed by atoms with Crippen molar-refractivity contribution in [3.63, 3.8) is 0 Å². The molecule has 0 aromatic heterocycles. The lowest BCUT2D eigenvalue weighted by atomic mass is 10.3. The van der Waals surface area contributed by atoms with Gasteiger partial charge in [0.25, 0.3) is 5.91 Å². The van der Waals surface area contributed by atoms with E-state index in [0.717, 1.165) is 4.90 Å². The van der Waals surface area contributed by atoms with Gasteiger partial charge in [0.05, 0.1) is 6.42 Å². The SMILES string of the molecule is CCNC(=O)[C@@H](C)NC(=O)COC(=O)CCSc1ccc(F)cc1. The van der Waals surface area contributed by atoms with Gasteiger partial charge in [-0.2, -0.15) is 0 Å². The number of esters is 1. The normalized spacial score (nSPS) is 11.5. The third-order valence-corrected chi connectivity index (χ3v) is 3.89. The number of carbonyl (C=O) groups is 3. The van der Waals surface area contributed by atoms with E-state index in [9.17, 15) is 18.8 Å². The maximum atomic E-state index is 12.8. The molecule has 0 unspecified atom stereocenters. The lowest BCUT2D eigenvalue weighted by Crippen LogP contribution is -2.46. The standard InChI is InChI=1S/C16H21FN2O4S/c1-3-18-16(22)11(2)19-14(20)10-23-15(21)8-9-24-13-6-4-12(17)5-7-13/h4-7,11H,3,8-10H2,1-2H3,(H,18,22)(H,19,20)/t11-/m1/s1. The Morgan fingerprint density at radius 3 is 2.54 bits per heavy atom. The molecule has 1 aromatic carbocycles. The van der Waals surface area contributed by atoms with Gasteiger partial charge in [0, 0.05) is 17.2 Å². The molecule has 0 radical (unpaired) electrons. The van der Waals surface area contributed by atoms with Gasteiger partial charge in [-0.3, -0.25) is 14.4 Å². The van der Waals surface area contributed by atoms with Crippen molar-refractivity contribution < 1.29 is 23.5 Å². The van der Waals surface area contributed by atoms with Crippen molar-refractivity contribution >= 4 is 29.5 Å². The highest BCUT2D eigenvalue weighted by atomic mass is 32.2. The quantitative estimate of drug-likeness (QED) is 0.517. The first-order valence-electron chi connectivity index (χ1n) is 7.53. The first kappa shape index (κ1) is 20.0. The molecule has 2 N–H and O–H groups in total. The third-order valence-electron chi connectivity index (χ3n) is 2.87. The number of halogens is 1. The van der Waals surface area contributed by atoms with Gasteiger partial charge in [0.1, 0.15) is 11.9 Å². The fourth-order valence-corrected chi connectivity index (χ4v) is 2.51. The second kappa shape index (κ2) is 10.6. The molecule has 0 spiro atoms. The molecule has 0 heterocycles. The summed E-state index contributed by atoms with van der Waals surface area (Å²) in [6, 6.07) is 5.26. The second-order valence-corrected chi connectivity index (χ2v) is 6.07. The average molecular weight is 356 g/mol. The van der Waals surface area contributed by atoms with Crippen LogP contribution >= 0.6 is 11.8 Å². The van der Waals surface area contributed by atoms with Crippen LogP contribution < -0.4 is 10.6 Å². The Kier molecular flexibility index (Phi) is 8.85. The fourth-order valence-electron chi connectivity index (χ4n) is 1.68. The predicted octanol–water partition coefficient (Wildman–Crippen LogP) is 1.49. The van der Waals surface area contributed by atoms with Crippen molar-refractivity contribution in [1.29, 1.82) is 0 Å². The zero-order valence-electron chi connectivity index (χ0n) is 13.6. The zero-order valence-corrected chi connectivity index (χ0v) is 14.5. The lowest BCUT2D eigenvalue weighted by Gasteiger charge is -2.13. The van der Waals surface area contributed by atoms with Crippen molar-refractivity contribution in [3.8, 4) is 0 Å². The van der Waals surface area contributed by atoms with Crippen molar-refractivity contribution in [2.45, 2.75) is 31.2 Å². The molecule has 0 aliphatic rings. The first-order chi connectivity index (χ1) is 11.4. The fraction of sp³-hybridized carbons (Fsp3) is 0.438. The molecule has 0 aliphatic heterocycles. The highest BCUT2D eigenvalue weighted by molar-refractivity contribution is 7.99. The number of hydrogen-bond acceptors (Lipinski definition) is 5. The van der Waals surface area contributed by atoms with Crippen LogP contribution in [0.1, 0.15) is 20.3 Å². The number of hydrogen-bond donors (Lipinski definition) is 2. The first-order valence-corrected chi connectivity index (χ1v) is 8.52. The van der Waals surface area contributed by atoms with Crippen molar-refractivity contribution in [2.75, 3.05) is 18.9 Å². The number of likely N-dealkylation sites (N-methyl/N-ethyl adjacent to an activating group) is 1. The molecule has 0 saturated carbocycles. The summed E-state index contributed by atoms with van der Waals surface area (Å²) >= 11 is 1.39. The van der Waals surface area contributed by atoms with Crippen molar-refractivity contribution in [3.05, 3.63) is 30.1 Å². The average Bonchev–Trinajstić information content (AvgIpc) is 2.55. The van der Waals surface area contributed by atoms with E-state index >= 15 is 0 Å². The summed E-state index contributed by atoms with van der Waals surface area (Å²) in [5.74, 6) is -1.19. The van der Waals surface area contributed by atoms with E-state index in [1.165, 1.54) is 23.9 Å². The Morgan fingerprint density at radius 2 is 1.92 bits per heavy atom. The molecule has 24 heavy (non-hydrogen) atoms. The number of thioether (sulfide) groups is 1. The minimum Gasteiger partial charge on any atom is -0.456 e. The van der Waals surface area contributed by atoms with Crippen LogP contribution in [0.15, 0.2) is 29.2 Å². The Hall–Kier alpha value is -2.09. The summed E-state index contributed by atoms with van der Waals surface area (Å²) in [7, 11) is 0. The van der Waals surface area contributed by atoms with Gasteiger partial charge in [-0.1, -0.05) is 0 Å². The van der Waals surface area contributed by atoms with E-state index in [0.29, 0.717) is 12.3 Å². The number of rotatable bonds is 9. The molecule has 1 rings (SSSR count). The van der Waals surface area contributed by atoms with Crippen LogP contribution in [0.2, 0.25) is 0 Å². The van der Waals surface area contributed by atoms with E-state index in [-0.39, 0.29) is 18.1 Å². The van der Waals surface area contributed by atoms with Gasteiger partial charge in [0.15, 0.2) is 6.61 Å². The lowest BCUT2D eigenvalue weighted by molar-refractivity contribution is -0.148. The maximum Gasteiger partial charge on any atom is 0.307 e. The molecular formula is C16H21FN2O4S. The molecule has 1 atom stereocenters. The Balaban J connectivity index is 2.19. The Bertz CT molecular complexity index is 566. The monoisotopic (exact) mass is 356 g/mol. The van der Waals surface area contributed by atoms with Gasteiger partial charge in [-0.25, -0.2) is 4.39 Å². The molecule has 1 aromatic rings. The zero-order chi connectivity index (χ0) is 17.9. The van der Waals surface area contributed by atoms with Crippen LogP contribution in [0.4, 0.5) is 4.39 Å². The molecular weight excluding hydrogens is 335 g/mol. The Labute approximate surface area is 144 Å². The number of amides is 2. The highest BCUT2D eigenvalue weighted by Crippen LogP contribution is 2.18. The highest BCUT2D eigenvalue weighted by Gasteiger charge is 2.15. The van der Waals surface area contributed by atoms with Crippen LogP contribution in [0, 0.1) is 5.82 Å². The largest absolute Gasteiger partial charge is 0.456 e. The van der Waals surface area contributed by atoms with Crippen LogP contribution in [0.5, 0.6) is 0 Å². The number of ether oxygens (including phenoxy) is 1. The maximum absolute atomic E-state index is 12.8. The van der Waals surface area contributed by atoms with Crippen molar-refractivity contribution in [2.24, 2.45) is 0 Å². The molecule has 0 saturated heterocycles. The van der Waals surface area contributed by atoms with Crippen LogP contribution in [-0.2, 0) is 19.1 Å². The summed E-state index contributed by atoms with van der Waals surface area (Å²) in [6.07, 6.45) is 0.126. The molecule has 0 aliphatic carbocycles. The number of benzene rings is 1. The molecule has 0 fully saturated rings. The van der Waals surface area contributed by atoms with Gasteiger partial charge in [-0.15, -0.1) is 11.8 Å². The summed E-state index contributed by atoms with van der Waals surface area (Å²) in [5, 5.41) is 5.01. The van der Waals surface area contributed by atoms with Gasteiger partial charge >= 0.3 is 5.97 Å². The molecule has 0 bridgehead atoms. The smallest absolute Gasteiger partial charge is 0.307 e. The summed E-state index contributed by atoms with van der Waals surface area (Å²) in [4.78, 5) is 35.4. The van der Waals surface area contributed by atoms with E-state index in [1.54, 1.807) is 26.0 Å². The number of carbonyl (C=O) groups excluding carboxylic acids is 3. The Morgan fingerprint density at radius 1 is 1.25 bits per heavy atom. The van der Waals surface area contributed by atoms with Gasteiger partial charge in [0.2, 0.25) is 5.91 Å². The second-order valence-electron chi connectivity index (χ2n) is 4.90. The third kappa shape index (κ3) is 7.96. The summed E-state index contributed by atoms with van der Waals surface area (Å²) in [6.45, 7) is 3.37. The van der Waals surface area contributed by atoms with Crippen LogP contribution in [0.3, 0.4) is 0 Å². The van der Waals surface area contributed by atoms with E-state index in [1.807, 2.05) is 0 Å². The molecule has 132 valence electrons. The van der Waals surface area contributed by atoms with Crippen molar-refractivity contribution in [1.82, 2.24) is 10.6 Å². The van der Waals surface area contributed by atoms with E-state index in [4.69, 9.17) is 4.74 Å². The van der Waals surface area contributed by atoms with Crippen LogP contribution in [-0.4, -0.2) is 42.7 Å². The molecule has 8 heteroatoms. The van der Waals surface area contributed by atoms with Gasteiger partial charge < -0.3 is 15.4 Å². The summed E-state index contributed by atoms with van der Waals surface area (Å²) in [5.41, 5.74) is 0. The predicted molar refractivity (Wildman–Crippen MR) is 89.0 cm³/mol. The van der Waals surface area contributed by atoms with Crippen LogP contribution in [0.25, 0.3) is 0 Å². The minimum atomic E-state index is -0.690.